The summed E-state index contributed by atoms with van der Waals surface area (Å²) < 4.78 is 24.9. The van der Waals surface area contributed by atoms with Crippen LogP contribution in [0.3, 0.4) is 0 Å². The number of pyridine rings is 1. The zero-order chi connectivity index (χ0) is 15.5. The Morgan fingerprint density at radius 1 is 1.14 bits per heavy atom. The van der Waals surface area contributed by atoms with Gasteiger partial charge in [-0.05, 0) is 17.7 Å². The first kappa shape index (κ1) is 14.6. The molecule has 0 bridgehead atoms. The van der Waals surface area contributed by atoms with Gasteiger partial charge in [0.1, 0.15) is 17.5 Å². The summed E-state index contributed by atoms with van der Waals surface area (Å²) in [4.78, 5) is 4.18. The quantitative estimate of drug-likeness (QED) is 0.658. The maximum absolute atomic E-state index is 13.9. The van der Waals surface area contributed by atoms with Gasteiger partial charge in [-0.2, -0.15) is 0 Å². The number of halogens is 2. The highest BCUT2D eigenvalue weighted by Gasteiger charge is 2.15. The molecule has 1 heterocycles. The third-order valence-corrected chi connectivity index (χ3v) is 3.45. The van der Waals surface area contributed by atoms with Crippen LogP contribution in [0.15, 0.2) is 48.5 Å². The summed E-state index contributed by atoms with van der Waals surface area (Å²) in [5.41, 5.74) is 1.52. The van der Waals surface area contributed by atoms with Crippen LogP contribution in [0.1, 0.15) is 5.56 Å². The molecule has 0 radical (unpaired) electrons. The van der Waals surface area contributed by atoms with Gasteiger partial charge in [0.25, 0.3) is 0 Å². The van der Waals surface area contributed by atoms with Gasteiger partial charge in [0.05, 0.1) is 18.0 Å². The van der Waals surface area contributed by atoms with Crippen LogP contribution in [0, 0.1) is 5.82 Å². The normalized spacial score (nSPS) is 10.7. The van der Waals surface area contributed by atoms with Crippen molar-refractivity contribution in [3.05, 3.63) is 65.1 Å². The van der Waals surface area contributed by atoms with Crippen molar-refractivity contribution in [2.45, 2.75) is 6.61 Å². The fourth-order valence-corrected chi connectivity index (χ4v) is 2.44. The molecule has 3 aromatic rings. The molecule has 0 saturated carbocycles. The summed E-state index contributed by atoms with van der Waals surface area (Å²) >= 11 is 6.02. The minimum atomic E-state index is -0.469. The Morgan fingerprint density at radius 2 is 1.91 bits per heavy atom. The number of hydrogen-bond donors (Lipinski definition) is 0. The molecule has 0 aliphatic rings. The van der Waals surface area contributed by atoms with Crippen molar-refractivity contribution < 1.29 is 13.9 Å². The number of benzene rings is 2. The van der Waals surface area contributed by atoms with Gasteiger partial charge in [-0.3, -0.25) is 0 Å². The van der Waals surface area contributed by atoms with Crippen LogP contribution in [0.5, 0.6) is 11.5 Å². The number of nitrogens with zero attached hydrogens (tertiary/aromatic N) is 1. The predicted molar refractivity (Wildman–Crippen MR) is 84.0 cm³/mol. The van der Waals surface area contributed by atoms with Crippen LogP contribution < -0.4 is 9.47 Å². The van der Waals surface area contributed by atoms with Crippen molar-refractivity contribution in [2.24, 2.45) is 0 Å². The highest BCUT2D eigenvalue weighted by atomic mass is 35.5. The summed E-state index contributed by atoms with van der Waals surface area (Å²) in [6.07, 6.45) is 0. The number of fused-ring (bicyclic) bond motifs is 1. The molecule has 0 aliphatic heterocycles. The summed E-state index contributed by atoms with van der Waals surface area (Å²) in [5.74, 6) is 0.0728. The van der Waals surface area contributed by atoms with E-state index in [4.69, 9.17) is 21.1 Å². The minimum absolute atomic E-state index is 0.102. The van der Waals surface area contributed by atoms with E-state index in [1.807, 2.05) is 30.3 Å². The summed E-state index contributed by atoms with van der Waals surface area (Å²) in [6.45, 7) is 0.343. The number of rotatable bonds is 4. The molecule has 1 aromatic heterocycles. The maximum atomic E-state index is 13.9. The number of ether oxygens (including phenoxy) is 2. The van der Waals surface area contributed by atoms with E-state index < -0.39 is 5.82 Å². The molecule has 22 heavy (non-hydrogen) atoms. The van der Waals surface area contributed by atoms with Crippen molar-refractivity contribution in [1.29, 1.82) is 0 Å². The molecule has 112 valence electrons. The van der Waals surface area contributed by atoms with Gasteiger partial charge >= 0.3 is 0 Å². The summed E-state index contributed by atoms with van der Waals surface area (Å²) in [6, 6.07) is 14.1. The Morgan fingerprint density at radius 3 is 2.64 bits per heavy atom. The van der Waals surface area contributed by atoms with Gasteiger partial charge in [-0.1, -0.05) is 41.9 Å². The molecule has 5 heteroatoms. The Kier molecular flexibility index (Phi) is 4.11. The van der Waals surface area contributed by atoms with E-state index >= 15 is 0 Å². The smallest absolute Gasteiger partial charge is 0.167 e. The minimum Gasteiger partial charge on any atom is -0.493 e. The molecule has 2 aromatic carbocycles. The first-order valence-corrected chi connectivity index (χ1v) is 7.06. The molecule has 0 spiro atoms. The van der Waals surface area contributed by atoms with Crippen LogP contribution in [-0.4, -0.2) is 12.1 Å². The standard InChI is InChI=1S/C17H13ClFNO2/c1-21-17-12(19)7-8-13-16(17)14(9-15(18)20-13)22-10-11-5-3-2-4-6-11/h2-9H,10H2,1H3. The van der Waals surface area contributed by atoms with Crippen molar-refractivity contribution in [3.8, 4) is 11.5 Å². The van der Waals surface area contributed by atoms with Gasteiger partial charge in [0.2, 0.25) is 0 Å². The van der Waals surface area contributed by atoms with Crippen LogP contribution in [0.4, 0.5) is 4.39 Å². The molecule has 0 atom stereocenters. The lowest BCUT2D eigenvalue weighted by molar-refractivity contribution is 0.308. The Hall–Kier alpha value is -2.33. The molecule has 0 unspecified atom stereocenters. The average molecular weight is 318 g/mol. The first-order chi connectivity index (χ1) is 10.7. The molecule has 0 aliphatic carbocycles. The fourth-order valence-electron chi connectivity index (χ4n) is 2.25. The first-order valence-electron chi connectivity index (χ1n) is 6.68. The fraction of sp³-hybridized carbons (Fsp3) is 0.118. The van der Waals surface area contributed by atoms with Crippen molar-refractivity contribution in [3.63, 3.8) is 0 Å². The van der Waals surface area contributed by atoms with Crippen LogP contribution in [0.2, 0.25) is 5.15 Å². The van der Waals surface area contributed by atoms with Gasteiger partial charge in [-0.25, -0.2) is 9.37 Å². The molecular weight excluding hydrogens is 305 g/mol. The zero-order valence-electron chi connectivity index (χ0n) is 11.8. The number of aromatic nitrogens is 1. The van der Waals surface area contributed by atoms with E-state index in [2.05, 4.69) is 4.98 Å². The molecule has 0 N–H and O–H groups in total. The Bertz CT molecular complexity index is 809. The van der Waals surface area contributed by atoms with Gasteiger partial charge < -0.3 is 9.47 Å². The number of hydrogen-bond acceptors (Lipinski definition) is 3. The second-order valence-electron chi connectivity index (χ2n) is 4.69. The Labute approximate surface area is 132 Å². The van der Waals surface area contributed by atoms with Crippen LogP contribution in [-0.2, 0) is 6.61 Å². The third kappa shape index (κ3) is 2.83. The molecule has 3 nitrogen and oxygen atoms in total. The average Bonchev–Trinajstić information content (AvgIpc) is 2.54. The maximum Gasteiger partial charge on any atom is 0.167 e. The molecule has 0 amide bonds. The van der Waals surface area contributed by atoms with E-state index in [1.165, 1.54) is 13.2 Å². The lowest BCUT2D eigenvalue weighted by Gasteiger charge is -2.13. The lowest BCUT2D eigenvalue weighted by atomic mass is 10.1. The van der Waals surface area contributed by atoms with Gasteiger partial charge in [-0.15, -0.1) is 0 Å². The number of methoxy groups -OCH3 is 1. The second kappa shape index (κ2) is 6.20. The van der Waals surface area contributed by atoms with Crippen LogP contribution >= 0.6 is 11.6 Å². The largest absolute Gasteiger partial charge is 0.493 e. The highest BCUT2D eigenvalue weighted by molar-refractivity contribution is 6.30. The predicted octanol–water partition coefficient (Wildman–Crippen LogP) is 4.61. The second-order valence-corrected chi connectivity index (χ2v) is 5.08. The monoisotopic (exact) mass is 317 g/mol. The highest BCUT2D eigenvalue weighted by Crippen LogP contribution is 2.37. The van der Waals surface area contributed by atoms with Crippen molar-refractivity contribution >= 4 is 22.5 Å². The summed E-state index contributed by atoms with van der Waals surface area (Å²) in [7, 11) is 1.41. The van der Waals surface area contributed by atoms with Crippen molar-refractivity contribution in [2.75, 3.05) is 7.11 Å². The van der Waals surface area contributed by atoms with E-state index in [9.17, 15) is 4.39 Å². The lowest BCUT2D eigenvalue weighted by Crippen LogP contribution is -1.99. The van der Waals surface area contributed by atoms with Gasteiger partial charge in [0.15, 0.2) is 11.6 Å². The third-order valence-electron chi connectivity index (χ3n) is 3.25. The molecular formula is C17H13ClFNO2. The van der Waals surface area contributed by atoms with Gasteiger partial charge in [0, 0.05) is 6.07 Å². The van der Waals surface area contributed by atoms with Crippen molar-refractivity contribution in [1.82, 2.24) is 4.98 Å². The summed E-state index contributed by atoms with van der Waals surface area (Å²) in [5, 5.41) is 0.757. The van der Waals surface area contributed by atoms with E-state index in [-0.39, 0.29) is 10.9 Å². The molecule has 0 saturated heterocycles. The Balaban J connectivity index is 2.05. The SMILES string of the molecule is COc1c(F)ccc2nc(Cl)cc(OCc3ccccc3)c12. The van der Waals surface area contributed by atoms with E-state index in [0.29, 0.717) is 23.3 Å². The molecule has 0 fully saturated rings. The van der Waals surface area contributed by atoms with E-state index in [1.54, 1.807) is 12.1 Å². The molecule has 3 rings (SSSR count). The van der Waals surface area contributed by atoms with Crippen LogP contribution in [0.25, 0.3) is 10.9 Å². The zero-order valence-corrected chi connectivity index (χ0v) is 12.6. The topological polar surface area (TPSA) is 31.4 Å². The van der Waals surface area contributed by atoms with E-state index in [0.717, 1.165) is 5.56 Å².